The molecule has 0 aliphatic rings. The van der Waals surface area contributed by atoms with Gasteiger partial charge >= 0.3 is 0 Å². The Morgan fingerprint density at radius 1 is 0.765 bits per heavy atom. The molecule has 1 atom stereocenters. The fourth-order valence-electron chi connectivity index (χ4n) is 3.15. The highest BCUT2D eigenvalue weighted by molar-refractivity contribution is 9.10. The zero-order valence-electron chi connectivity index (χ0n) is 18.7. The van der Waals surface area contributed by atoms with Gasteiger partial charge in [0.25, 0.3) is 0 Å². The molecular weight excluding hydrogens is 548 g/mol. The fraction of sp³-hybridized carbons (Fsp3) is 0.0333. The molecule has 4 heteroatoms. The van der Waals surface area contributed by atoms with Gasteiger partial charge in [-0.25, -0.2) is 0 Å². The van der Waals surface area contributed by atoms with Crippen LogP contribution in [0.2, 0.25) is 0 Å². The van der Waals surface area contributed by atoms with E-state index in [1.54, 1.807) is 6.08 Å². The lowest BCUT2D eigenvalue weighted by molar-refractivity contribution is 0.943. The number of nitrogens with zero attached hydrogens (tertiary/aromatic N) is 1. The second-order valence-corrected chi connectivity index (χ2v) is 9.26. The third kappa shape index (κ3) is 8.29. The van der Waals surface area contributed by atoms with Crippen LogP contribution in [-0.4, -0.2) is 6.21 Å². The van der Waals surface area contributed by atoms with Gasteiger partial charge in [-0.1, -0.05) is 112 Å². The molecule has 0 aromatic heterocycles. The summed E-state index contributed by atoms with van der Waals surface area (Å²) in [7, 11) is 0. The molecule has 0 aliphatic heterocycles. The maximum absolute atomic E-state index is 4.37. The highest BCUT2D eigenvalue weighted by atomic mass is 79.9. The summed E-state index contributed by atoms with van der Waals surface area (Å²) in [6.45, 7) is 7.90. The zero-order valence-corrected chi connectivity index (χ0v) is 21.9. The van der Waals surface area contributed by atoms with Gasteiger partial charge in [0.1, 0.15) is 0 Å². The van der Waals surface area contributed by atoms with E-state index >= 15 is 0 Å². The van der Waals surface area contributed by atoms with Crippen LogP contribution in [0.5, 0.6) is 0 Å². The molecule has 0 amide bonds. The smallest absolute Gasteiger partial charge is 0.0762 e. The topological polar surface area (TPSA) is 24.4 Å². The summed E-state index contributed by atoms with van der Waals surface area (Å²) in [5.74, 6) is 0. The Kier molecular flexibility index (Phi) is 10.1. The number of rotatable bonds is 7. The van der Waals surface area contributed by atoms with E-state index in [1.807, 2.05) is 103 Å². The third-order valence-corrected chi connectivity index (χ3v) is 5.85. The van der Waals surface area contributed by atoms with Gasteiger partial charge in [-0.15, -0.1) is 0 Å². The number of para-hydroxylation sites is 2. The number of aliphatic imine (C=N–C) groups is 1. The molecule has 4 aromatic carbocycles. The first-order chi connectivity index (χ1) is 16.5. The first-order valence-corrected chi connectivity index (χ1v) is 12.4. The van der Waals surface area contributed by atoms with Crippen LogP contribution >= 0.6 is 31.9 Å². The third-order valence-electron chi connectivity index (χ3n) is 4.87. The van der Waals surface area contributed by atoms with Gasteiger partial charge in [-0.05, 0) is 65.2 Å². The fourth-order valence-corrected chi connectivity index (χ4v) is 3.98. The summed E-state index contributed by atoms with van der Waals surface area (Å²) in [6, 6.07) is 36.3. The molecular formula is C30H26Br2N2. The van der Waals surface area contributed by atoms with Crippen molar-refractivity contribution >= 4 is 49.4 Å². The van der Waals surface area contributed by atoms with Crippen LogP contribution < -0.4 is 5.32 Å². The molecule has 34 heavy (non-hydrogen) atoms. The number of hydrogen-bond donors (Lipinski definition) is 1. The molecule has 1 unspecified atom stereocenters. The minimum Gasteiger partial charge on any atom is -0.374 e. The Morgan fingerprint density at radius 3 is 2.00 bits per heavy atom. The van der Waals surface area contributed by atoms with Crippen LogP contribution in [0, 0.1) is 0 Å². The van der Waals surface area contributed by atoms with Gasteiger partial charge in [-0.2, -0.15) is 0 Å². The van der Waals surface area contributed by atoms with Crippen LogP contribution in [0.1, 0.15) is 17.2 Å². The van der Waals surface area contributed by atoms with Crippen molar-refractivity contribution in [1.82, 2.24) is 0 Å². The minimum atomic E-state index is 0.0254. The van der Waals surface area contributed by atoms with Crippen molar-refractivity contribution in [3.05, 3.63) is 154 Å². The minimum absolute atomic E-state index is 0.0254. The molecule has 4 rings (SSSR count). The second kappa shape index (κ2) is 13.5. The molecule has 4 aromatic rings. The van der Waals surface area contributed by atoms with Gasteiger partial charge in [0, 0.05) is 20.8 Å². The van der Waals surface area contributed by atoms with E-state index in [0.29, 0.717) is 0 Å². The van der Waals surface area contributed by atoms with Crippen molar-refractivity contribution in [1.29, 1.82) is 0 Å². The molecule has 0 heterocycles. The lowest BCUT2D eigenvalue weighted by Crippen LogP contribution is -2.12. The zero-order chi connectivity index (χ0) is 24.2. The summed E-state index contributed by atoms with van der Waals surface area (Å²) >= 11 is 6.93. The van der Waals surface area contributed by atoms with Crippen molar-refractivity contribution in [2.75, 3.05) is 5.32 Å². The van der Waals surface area contributed by atoms with E-state index in [4.69, 9.17) is 0 Å². The van der Waals surface area contributed by atoms with Crippen LogP contribution in [-0.2, 0) is 0 Å². The average molecular weight is 574 g/mol. The second-order valence-electron chi connectivity index (χ2n) is 7.43. The van der Waals surface area contributed by atoms with E-state index in [1.165, 1.54) is 0 Å². The monoisotopic (exact) mass is 572 g/mol. The van der Waals surface area contributed by atoms with Crippen molar-refractivity contribution in [2.24, 2.45) is 4.99 Å². The maximum Gasteiger partial charge on any atom is 0.0762 e. The molecule has 0 radical (unpaired) electrons. The summed E-state index contributed by atoms with van der Waals surface area (Å²) in [5, 5.41) is 3.48. The number of hydrogen-bond acceptors (Lipinski definition) is 2. The molecule has 1 N–H and O–H groups in total. The van der Waals surface area contributed by atoms with Crippen molar-refractivity contribution in [3.8, 4) is 0 Å². The number of nitrogens with one attached hydrogen (secondary N) is 1. The normalized spacial score (nSPS) is 11.2. The molecule has 0 saturated carbocycles. The van der Waals surface area contributed by atoms with E-state index in [9.17, 15) is 0 Å². The van der Waals surface area contributed by atoms with Crippen LogP contribution in [0.15, 0.2) is 148 Å². The van der Waals surface area contributed by atoms with E-state index < -0.39 is 0 Å². The Bertz CT molecular complexity index is 1230. The van der Waals surface area contributed by atoms with Crippen LogP contribution in [0.4, 0.5) is 11.4 Å². The number of benzene rings is 4. The Hall–Kier alpha value is -3.21. The van der Waals surface area contributed by atoms with Crippen molar-refractivity contribution in [2.45, 2.75) is 6.04 Å². The Balaban J connectivity index is 0.000000196. The standard InChI is InChI=1S/C17H16BrN.C13H10BrN/c1-3-13(2)17(14-8-7-9-15(18)12-14)19-16-10-5-4-6-11-16;14-12-6-4-5-11(9-12)10-15-13-7-2-1-3-8-13/h3-12,17,19H,1-2H2;1-10H/b;15-10+. The van der Waals surface area contributed by atoms with E-state index in [2.05, 4.69) is 67.5 Å². The van der Waals surface area contributed by atoms with Gasteiger partial charge < -0.3 is 5.32 Å². The quantitative estimate of drug-likeness (QED) is 0.173. The van der Waals surface area contributed by atoms with E-state index in [-0.39, 0.29) is 6.04 Å². The first-order valence-electron chi connectivity index (χ1n) is 10.8. The summed E-state index contributed by atoms with van der Waals surface area (Å²) < 4.78 is 2.13. The van der Waals surface area contributed by atoms with Gasteiger partial charge in [0.2, 0.25) is 0 Å². The largest absolute Gasteiger partial charge is 0.374 e. The van der Waals surface area contributed by atoms with Gasteiger partial charge in [0.15, 0.2) is 0 Å². The predicted molar refractivity (Wildman–Crippen MR) is 154 cm³/mol. The van der Waals surface area contributed by atoms with Crippen LogP contribution in [0.25, 0.3) is 0 Å². The maximum atomic E-state index is 4.37. The van der Waals surface area contributed by atoms with Crippen molar-refractivity contribution in [3.63, 3.8) is 0 Å². The Labute approximate surface area is 219 Å². The number of anilines is 1. The molecule has 2 nitrogen and oxygen atoms in total. The summed E-state index contributed by atoms with van der Waals surface area (Å²) in [5.41, 5.74) is 5.23. The molecule has 0 spiro atoms. The van der Waals surface area contributed by atoms with Gasteiger partial charge in [-0.3, -0.25) is 4.99 Å². The molecule has 0 saturated heterocycles. The molecule has 0 aliphatic carbocycles. The van der Waals surface area contributed by atoms with E-state index in [0.717, 1.165) is 37.0 Å². The summed E-state index contributed by atoms with van der Waals surface area (Å²) in [6.07, 6.45) is 3.65. The Morgan fingerprint density at radius 2 is 1.38 bits per heavy atom. The SMILES string of the molecule is Brc1cccc(/C=N/c2ccccc2)c1.C=CC(=C)C(Nc1ccccc1)c1cccc(Br)c1. The van der Waals surface area contributed by atoms with Gasteiger partial charge in [0.05, 0.1) is 11.7 Å². The molecule has 0 bridgehead atoms. The summed E-state index contributed by atoms with van der Waals surface area (Å²) in [4.78, 5) is 4.37. The average Bonchev–Trinajstić information content (AvgIpc) is 2.87. The lowest BCUT2D eigenvalue weighted by Gasteiger charge is -2.21. The first kappa shape index (κ1) is 25.4. The number of halogens is 2. The molecule has 170 valence electrons. The highest BCUT2D eigenvalue weighted by Gasteiger charge is 2.13. The lowest BCUT2D eigenvalue weighted by atomic mass is 9.99. The van der Waals surface area contributed by atoms with Crippen LogP contribution in [0.3, 0.4) is 0 Å². The van der Waals surface area contributed by atoms with Crippen molar-refractivity contribution < 1.29 is 0 Å². The molecule has 0 fully saturated rings. The highest BCUT2D eigenvalue weighted by Crippen LogP contribution is 2.28. The predicted octanol–water partition coefficient (Wildman–Crippen LogP) is 9.54.